The van der Waals surface area contributed by atoms with E-state index in [4.69, 9.17) is 14.2 Å². The van der Waals surface area contributed by atoms with Gasteiger partial charge in [0.05, 0.1) is 20.8 Å². The second kappa shape index (κ2) is 10.2. The fourth-order valence-corrected chi connectivity index (χ4v) is 3.18. The minimum atomic E-state index is -0.289. The number of nitrogens with one attached hydrogen (secondary N) is 1. The first kappa shape index (κ1) is 20.3. The number of nitrogens with zero attached hydrogens (tertiary/aromatic N) is 2. The van der Waals surface area contributed by atoms with E-state index in [2.05, 4.69) is 15.5 Å². The third kappa shape index (κ3) is 6.05. The van der Waals surface area contributed by atoms with Crippen molar-refractivity contribution in [2.75, 3.05) is 26.1 Å². The molecule has 0 spiro atoms. The molecule has 0 fully saturated rings. The SMILES string of the molecule is COc1ccc(/C=C/C(=O)Nc2nnc(CCOc3ccccc3)s2)cc1OC. The molecule has 2 aromatic carbocycles. The molecule has 0 radical (unpaired) electrons. The van der Waals surface area contributed by atoms with Crippen LogP contribution >= 0.6 is 11.3 Å². The largest absolute Gasteiger partial charge is 0.493 e. The third-order valence-electron chi connectivity index (χ3n) is 3.86. The molecule has 1 aromatic heterocycles. The molecule has 29 heavy (non-hydrogen) atoms. The van der Waals surface area contributed by atoms with Gasteiger partial charge in [-0.2, -0.15) is 0 Å². The van der Waals surface area contributed by atoms with E-state index >= 15 is 0 Å². The van der Waals surface area contributed by atoms with E-state index < -0.39 is 0 Å². The first-order valence-corrected chi connectivity index (χ1v) is 9.71. The minimum Gasteiger partial charge on any atom is -0.493 e. The van der Waals surface area contributed by atoms with Crippen molar-refractivity contribution < 1.29 is 19.0 Å². The van der Waals surface area contributed by atoms with Crippen LogP contribution in [0, 0.1) is 0 Å². The monoisotopic (exact) mass is 411 g/mol. The van der Waals surface area contributed by atoms with Crippen LogP contribution in [0.5, 0.6) is 17.2 Å². The Labute approximate surface area is 173 Å². The van der Waals surface area contributed by atoms with Gasteiger partial charge in [0.2, 0.25) is 11.0 Å². The van der Waals surface area contributed by atoms with Crippen LogP contribution in [0.25, 0.3) is 6.08 Å². The highest BCUT2D eigenvalue weighted by atomic mass is 32.1. The van der Waals surface area contributed by atoms with Crippen LogP contribution in [0.3, 0.4) is 0 Å². The molecule has 0 saturated carbocycles. The van der Waals surface area contributed by atoms with Crippen molar-refractivity contribution in [3.8, 4) is 17.2 Å². The summed E-state index contributed by atoms with van der Waals surface area (Å²) in [5.74, 6) is 1.75. The summed E-state index contributed by atoms with van der Waals surface area (Å²) in [5, 5.41) is 12.0. The van der Waals surface area contributed by atoms with Crippen molar-refractivity contribution in [3.63, 3.8) is 0 Å². The van der Waals surface area contributed by atoms with Gasteiger partial charge in [0.25, 0.3) is 0 Å². The van der Waals surface area contributed by atoms with Crippen molar-refractivity contribution in [3.05, 3.63) is 65.2 Å². The molecule has 0 unspecified atom stereocenters. The van der Waals surface area contributed by atoms with E-state index in [1.165, 1.54) is 17.4 Å². The van der Waals surface area contributed by atoms with E-state index in [9.17, 15) is 4.79 Å². The Bertz CT molecular complexity index is 973. The van der Waals surface area contributed by atoms with Gasteiger partial charge < -0.3 is 14.2 Å². The van der Waals surface area contributed by atoms with E-state index in [0.29, 0.717) is 29.7 Å². The summed E-state index contributed by atoms with van der Waals surface area (Å²) in [4.78, 5) is 12.1. The summed E-state index contributed by atoms with van der Waals surface area (Å²) < 4.78 is 16.1. The van der Waals surface area contributed by atoms with E-state index in [1.54, 1.807) is 32.4 Å². The molecule has 0 aliphatic carbocycles. The maximum atomic E-state index is 12.1. The van der Waals surface area contributed by atoms with Gasteiger partial charge in [0.15, 0.2) is 11.5 Å². The number of benzene rings is 2. The highest BCUT2D eigenvalue weighted by Crippen LogP contribution is 2.28. The van der Waals surface area contributed by atoms with Crippen LogP contribution in [0.1, 0.15) is 10.6 Å². The zero-order chi connectivity index (χ0) is 20.5. The lowest BCUT2D eigenvalue weighted by molar-refractivity contribution is -0.111. The normalized spacial score (nSPS) is 10.7. The number of carbonyl (C=O) groups is 1. The Morgan fingerprint density at radius 2 is 1.86 bits per heavy atom. The van der Waals surface area contributed by atoms with Crippen LogP contribution in [0.4, 0.5) is 5.13 Å². The second-order valence-electron chi connectivity index (χ2n) is 5.85. The minimum absolute atomic E-state index is 0.289. The molecule has 8 heteroatoms. The van der Waals surface area contributed by atoms with Gasteiger partial charge in [-0.25, -0.2) is 0 Å². The van der Waals surface area contributed by atoms with Crippen molar-refractivity contribution in [2.24, 2.45) is 0 Å². The summed E-state index contributed by atoms with van der Waals surface area (Å²) in [6.07, 6.45) is 3.73. The number of amides is 1. The number of anilines is 1. The summed E-state index contributed by atoms with van der Waals surface area (Å²) in [6, 6.07) is 15.0. The predicted molar refractivity (Wildman–Crippen MR) is 113 cm³/mol. The highest BCUT2D eigenvalue weighted by Gasteiger charge is 2.07. The van der Waals surface area contributed by atoms with Crippen LogP contribution in [0.2, 0.25) is 0 Å². The number of carbonyl (C=O) groups excluding carboxylic acids is 1. The Kier molecular flexibility index (Phi) is 7.18. The van der Waals surface area contributed by atoms with Crippen LogP contribution in [0.15, 0.2) is 54.6 Å². The zero-order valence-electron chi connectivity index (χ0n) is 16.1. The molecule has 0 aliphatic rings. The van der Waals surface area contributed by atoms with Gasteiger partial charge in [-0.1, -0.05) is 35.6 Å². The Morgan fingerprint density at radius 3 is 2.62 bits per heavy atom. The molecular weight excluding hydrogens is 390 g/mol. The highest BCUT2D eigenvalue weighted by molar-refractivity contribution is 7.15. The molecule has 0 saturated heterocycles. The molecule has 7 nitrogen and oxygen atoms in total. The fraction of sp³-hybridized carbons (Fsp3) is 0.190. The number of methoxy groups -OCH3 is 2. The summed E-state index contributed by atoms with van der Waals surface area (Å²) in [5.41, 5.74) is 0.814. The maximum Gasteiger partial charge on any atom is 0.250 e. The lowest BCUT2D eigenvalue weighted by Gasteiger charge is -2.07. The zero-order valence-corrected chi connectivity index (χ0v) is 16.9. The van der Waals surface area contributed by atoms with Crippen molar-refractivity contribution >= 4 is 28.5 Å². The van der Waals surface area contributed by atoms with E-state index in [1.807, 2.05) is 36.4 Å². The Hall–Kier alpha value is -3.39. The van der Waals surface area contributed by atoms with E-state index in [-0.39, 0.29) is 5.91 Å². The predicted octanol–water partition coefficient (Wildman–Crippen LogP) is 3.83. The van der Waals surface area contributed by atoms with Crippen molar-refractivity contribution in [1.82, 2.24) is 10.2 Å². The summed E-state index contributed by atoms with van der Waals surface area (Å²) in [7, 11) is 3.14. The maximum absolute atomic E-state index is 12.1. The van der Waals surface area contributed by atoms with Crippen molar-refractivity contribution in [1.29, 1.82) is 0 Å². The fourth-order valence-electron chi connectivity index (χ4n) is 2.45. The lowest BCUT2D eigenvalue weighted by Crippen LogP contribution is -2.07. The Balaban J connectivity index is 1.50. The van der Waals surface area contributed by atoms with Crippen LogP contribution < -0.4 is 19.5 Å². The molecular formula is C21H21N3O4S. The Morgan fingerprint density at radius 1 is 1.07 bits per heavy atom. The summed E-state index contributed by atoms with van der Waals surface area (Å²) >= 11 is 1.32. The van der Waals surface area contributed by atoms with E-state index in [0.717, 1.165) is 16.3 Å². The van der Waals surface area contributed by atoms with Crippen LogP contribution in [-0.4, -0.2) is 36.9 Å². The smallest absolute Gasteiger partial charge is 0.250 e. The number of hydrogen-bond acceptors (Lipinski definition) is 7. The molecule has 0 aliphatic heterocycles. The molecule has 1 N–H and O–H groups in total. The topological polar surface area (TPSA) is 82.6 Å². The average Bonchev–Trinajstić information content (AvgIpc) is 3.19. The molecule has 0 bridgehead atoms. The standard InChI is InChI=1S/C21H21N3O4S/c1-26-17-10-8-15(14-18(17)27-2)9-11-19(25)22-21-24-23-20(29-21)12-13-28-16-6-4-3-5-7-16/h3-11,14H,12-13H2,1-2H3,(H,22,24,25)/b11-9+. The first-order chi connectivity index (χ1) is 14.2. The molecule has 3 aromatic rings. The van der Waals surface area contributed by atoms with Gasteiger partial charge in [0.1, 0.15) is 10.8 Å². The number of aromatic nitrogens is 2. The van der Waals surface area contributed by atoms with Crippen molar-refractivity contribution in [2.45, 2.75) is 6.42 Å². The van der Waals surface area contributed by atoms with Gasteiger partial charge in [0, 0.05) is 12.5 Å². The molecule has 150 valence electrons. The number of hydrogen-bond donors (Lipinski definition) is 1. The summed E-state index contributed by atoms with van der Waals surface area (Å²) in [6.45, 7) is 0.492. The number of rotatable bonds is 9. The van der Waals surface area contributed by atoms with Gasteiger partial charge in [-0.15, -0.1) is 10.2 Å². The second-order valence-corrected chi connectivity index (χ2v) is 6.91. The van der Waals surface area contributed by atoms with Gasteiger partial charge in [-0.3, -0.25) is 10.1 Å². The lowest BCUT2D eigenvalue weighted by atomic mass is 10.2. The molecule has 1 amide bonds. The molecule has 1 heterocycles. The average molecular weight is 411 g/mol. The van der Waals surface area contributed by atoms with Gasteiger partial charge >= 0.3 is 0 Å². The quantitative estimate of drug-likeness (QED) is 0.539. The van der Waals surface area contributed by atoms with Crippen LogP contribution in [-0.2, 0) is 11.2 Å². The third-order valence-corrected chi connectivity index (χ3v) is 4.76. The first-order valence-electron chi connectivity index (χ1n) is 8.89. The van der Waals surface area contributed by atoms with Gasteiger partial charge in [-0.05, 0) is 35.9 Å². The number of ether oxygens (including phenoxy) is 3. The molecule has 0 atom stereocenters. The molecule has 3 rings (SSSR count). The number of para-hydroxylation sites is 1.